The first-order chi connectivity index (χ1) is 7.25. The monoisotopic (exact) mass is 204 g/mol. The Morgan fingerprint density at radius 1 is 1.33 bits per heavy atom. The van der Waals surface area contributed by atoms with Crippen molar-refractivity contribution in [2.75, 3.05) is 6.54 Å². The summed E-state index contributed by atoms with van der Waals surface area (Å²) in [5.74, 6) is 0.899. The normalized spacial score (nSPS) is 27.1. The van der Waals surface area contributed by atoms with Crippen LogP contribution >= 0.6 is 0 Å². The molecule has 1 unspecified atom stereocenters. The summed E-state index contributed by atoms with van der Waals surface area (Å²) in [7, 11) is 0. The van der Waals surface area contributed by atoms with E-state index in [9.17, 15) is 0 Å². The zero-order valence-electron chi connectivity index (χ0n) is 9.32. The van der Waals surface area contributed by atoms with Crippen molar-refractivity contribution < 1.29 is 0 Å². The molecule has 1 saturated carbocycles. The van der Waals surface area contributed by atoms with Crippen LogP contribution in [-0.4, -0.2) is 12.6 Å². The van der Waals surface area contributed by atoms with Crippen molar-refractivity contribution in [3.05, 3.63) is 35.9 Å². The molecule has 0 heterocycles. The lowest BCUT2D eigenvalue weighted by Crippen LogP contribution is -2.43. The number of rotatable bonds is 4. The Hall–Kier alpha value is -0.860. The summed E-state index contributed by atoms with van der Waals surface area (Å²) in [6.07, 6.45) is 2.61. The molecule has 2 rings (SSSR count). The molecule has 82 valence electrons. The molecule has 1 aliphatic rings. The van der Waals surface area contributed by atoms with Gasteiger partial charge in [0.2, 0.25) is 0 Å². The second-order valence-corrected chi connectivity index (χ2v) is 4.70. The topological polar surface area (TPSA) is 38.0 Å². The van der Waals surface area contributed by atoms with E-state index in [0.717, 1.165) is 12.5 Å². The molecule has 0 aliphatic heterocycles. The molecule has 1 aromatic rings. The van der Waals surface area contributed by atoms with Crippen LogP contribution in [0.3, 0.4) is 0 Å². The fraction of sp³-hybridized carbons (Fsp3) is 0.538. The maximum atomic E-state index is 6.09. The highest BCUT2D eigenvalue weighted by molar-refractivity contribution is 5.18. The van der Waals surface area contributed by atoms with Crippen molar-refractivity contribution in [2.24, 2.45) is 11.7 Å². The van der Waals surface area contributed by atoms with E-state index in [4.69, 9.17) is 5.73 Å². The summed E-state index contributed by atoms with van der Waals surface area (Å²) in [6.45, 7) is 3.19. The van der Waals surface area contributed by atoms with Crippen molar-refractivity contribution in [2.45, 2.75) is 31.8 Å². The number of nitrogens with one attached hydrogen (secondary N) is 1. The van der Waals surface area contributed by atoms with Crippen LogP contribution in [0.25, 0.3) is 0 Å². The molecule has 0 saturated heterocycles. The molecule has 1 fully saturated rings. The van der Waals surface area contributed by atoms with Crippen LogP contribution in [-0.2, 0) is 0 Å². The van der Waals surface area contributed by atoms with E-state index >= 15 is 0 Å². The van der Waals surface area contributed by atoms with Gasteiger partial charge < -0.3 is 11.1 Å². The van der Waals surface area contributed by atoms with Gasteiger partial charge in [0, 0.05) is 18.6 Å². The predicted octanol–water partition coefficient (Wildman–Crippen LogP) is 2.07. The first-order valence-corrected chi connectivity index (χ1v) is 5.79. The van der Waals surface area contributed by atoms with Gasteiger partial charge in [-0.2, -0.15) is 0 Å². The molecule has 1 atom stereocenters. The molecule has 0 radical (unpaired) electrons. The maximum absolute atomic E-state index is 6.09. The number of hydrogen-bond donors (Lipinski definition) is 2. The number of benzene rings is 1. The smallest absolute Gasteiger partial charge is 0.0421 e. The van der Waals surface area contributed by atoms with Gasteiger partial charge in [0.15, 0.2) is 0 Å². The average molecular weight is 204 g/mol. The molecule has 0 spiro atoms. The molecule has 2 nitrogen and oxygen atoms in total. The summed E-state index contributed by atoms with van der Waals surface area (Å²) in [5, 5.41) is 3.52. The van der Waals surface area contributed by atoms with Gasteiger partial charge in [0.05, 0.1) is 0 Å². The van der Waals surface area contributed by atoms with Crippen LogP contribution in [0.15, 0.2) is 30.3 Å². The van der Waals surface area contributed by atoms with E-state index in [0.29, 0.717) is 6.04 Å². The molecule has 3 N–H and O–H groups in total. The molecule has 0 bridgehead atoms. The Bertz CT molecular complexity index is 291. The van der Waals surface area contributed by atoms with E-state index in [1.807, 2.05) is 18.2 Å². The zero-order chi connectivity index (χ0) is 10.7. The van der Waals surface area contributed by atoms with Gasteiger partial charge >= 0.3 is 0 Å². The molecule has 1 aromatic carbocycles. The lowest BCUT2D eigenvalue weighted by Gasteiger charge is -2.34. The van der Waals surface area contributed by atoms with Crippen LogP contribution in [0.2, 0.25) is 0 Å². The van der Waals surface area contributed by atoms with Crippen molar-refractivity contribution in [1.82, 2.24) is 5.32 Å². The Morgan fingerprint density at radius 2 is 2.00 bits per heavy atom. The maximum Gasteiger partial charge on any atom is 0.0421 e. The van der Waals surface area contributed by atoms with Gasteiger partial charge in [-0.1, -0.05) is 37.3 Å². The van der Waals surface area contributed by atoms with E-state index in [-0.39, 0.29) is 6.04 Å². The second kappa shape index (κ2) is 4.77. The molecular formula is C13H20N2. The molecule has 2 heteroatoms. The predicted molar refractivity (Wildman–Crippen MR) is 63.6 cm³/mol. The van der Waals surface area contributed by atoms with Gasteiger partial charge in [-0.3, -0.25) is 0 Å². The first kappa shape index (κ1) is 10.7. The zero-order valence-corrected chi connectivity index (χ0v) is 9.32. The minimum Gasteiger partial charge on any atom is -0.323 e. The SMILES string of the molecule is CC1CC(NCC(N)c2ccccc2)C1. The highest BCUT2D eigenvalue weighted by atomic mass is 15.0. The van der Waals surface area contributed by atoms with Crippen molar-refractivity contribution in [1.29, 1.82) is 0 Å². The molecule has 1 aliphatic carbocycles. The standard InChI is InChI=1S/C13H20N2/c1-10-7-12(8-10)15-9-13(14)11-5-3-2-4-6-11/h2-6,10,12-13,15H,7-9,14H2,1H3. The Kier molecular flexibility index (Phi) is 3.39. The van der Waals surface area contributed by atoms with E-state index in [1.54, 1.807) is 0 Å². The summed E-state index contributed by atoms with van der Waals surface area (Å²) in [5.41, 5.74) is 7.31. The second-order valence-electron chi connectivity index (χ2n) is 4.70. The Balaban J connectivity index is 1.75. The van der Waals surface area contributed by atoms with Crippen molar-refractivity contribution >= 4 is 0 Å². The Labute approximate surface area is 91.9 Å². The average Bonchev–Trinajstić information content (AvgIpc) is 2.23. The van der Waals surface area contributed by atoms with Gasteiger partial charge in [-0.25, -0.2) is 0 Å². The third-order valence-electron chi connectivity index (χ3n) is 3.23. The summed E-state index contributed by atoms with van der Waals surface area (Å²) >= 11 is 0. The van der Waals surface area contributed by atoms with E-state index in [2.05, 4.69) is 24.4 Å². The fourth-order valence-corrected chi connectivity index (χ4v) is 2.18. The Morgan fingerprint density at radius 3 is 2.60 bits per heavy atom. The molecular weight excluding hydrogens is 184 g/mol. The van der Waals surface area contributed by atoms with Crippen LogP contribution in [0.1, 0.15) is 31.4 Å². The van der Waals surface area contributed by atoms with Gasteiger partial charge in [-0.05, 0) is 24.3 Å². The molecule has 0 aromatic heterocycles. The number of nitrogens with two attached hydrogens (primary N) is 1. The van der Waals surface area contributed by atoms with Crippen molar-refractivity contribution in [3.63, 3.8) is 0 Å². The third kappa shape index (κ3) is 2.80. The summed E-state index contributed by atoms with van der Waals surface area (Å²) in [6, 6.07) is 11.1. The third-order valence-corrected chi connectivity index (χ3v) is 3.23. The number of hydrogen-bond acceptors (Lipinski definition) is 2. The molecule has 0 amide bonds. The summed E-state index contributed by atoms with van der Waals surface area (Å²) < 4.78 is 0. The fourth-order valence-electron chi connectivity index (χ4n) is 2.18. The van der Waals surface area contributed by atoms with Crippen LogP contribution in [0.4, 0.5) is 0 Å². The van der Waals surface area contributed by atoms with Gasteiger partial charge in [0.25, 0.3) is 0 Å². The lowest BCUT2D eigenvalue weighted by atomic mass is 9.82. The highest BCUT2D eigenvalue weighted by Crippen LogP contribution is 2.26. The van der Waals surface area contributed by atoms with Crippen molar-refractivity contribution in [3.8, 4) is 0 Å². The van der Waals surface area contributed by atoms with E-state index in [1.165, 1.54) is 18.4 Å². The van der Waals surface area contributed by atoms with Gasteiger partial charge in [-0.15, -0.1) is 0 Å². The first-order valence-electron chi connectivity index (χ1n) is 5.79. The highest BCUT2D eigenvalue weighted by Gasteiger charge is 2.24. The largest absolute Gasteiger partial charge is 0.323 e. The minimum absolute atomic E-state index is 0.127. The minimum atomic E-state index is 0.127. The van der Waals surface area contributed by atoms with Crippen LogP contribution < -0.4 is 11.1 Å². The van der Waals surface area contributed by atoms with Gasteiger partial charge in [0.1, 0.15) is 0 Å². The summed E-state index contributed by atoms with van der Waals surface area (Å²) in [4.78, 5) is 0. The van der Waals surface area contributed by atoms with Crippen LogP contribution in [0.5, 0.6) is 0 Å². The van der Waals surface area contributed by atoms with Crippen LogP contribution in [0, 0.1) is 5.92 Å². The van der Waals surface area contributed by atoms with E-state index < -0.39 is 0 Å². The molecule has 15 heavy (non-hydrogen) atoms. The quantitative estimate of drug-likeness (QED) is 0.788. The lowest BCUT2D eigenvalue weighted by molar-refractivity contribution is 0.239.